The minimum atomic E-state index is -0.124. The van der Waals surface area contributed by atoms with Crippen molar-refractivity contribution in [3.05, 3.63) is 77.2 Å². The molecule has 1 aromatic heterocycles. The van der Waals surface area contributed by atoms with E-state index in [2.05, 4.69) is 21.4 Å². The van der Waals surface area contributed by atoms with Gasteiger partial charge in [-0.3, -0.25) is 4.79 Å². The number of amides is 1. The molecule has 1 aliphatic heterocycles. The van der Waals surface area contributed by atoms with Gasteiger partial charge >= 0.3 is 0 Å². The molecule has 0 fully saturated rings. The normalized spacial score (nSPS) is 12.8. The van der Waals surface area contributed by atoms with Crippen LogP contribution in [0.1, 0.15) is 16.1 Å². The zero-order chi connectivity index (χ0) is 17.2. The number of hydrogen-bond acceptors (Lipinski definition) is 4. The quantitative estimate of drug-likeness (QED) is 0.773. The minimum absolute atomic E-state index is 0.124. The predicted molar refractivity (Wildman–Crippen MR) is 98.6 cm³/mol. The number of carbonyl (C=O) groups is 1. The molecule has 3 aromatic rings. The van der Waals surface area contributed by atoms with Gasteiger partial charge in [-0.1, -0.05) is 35.9 Å². The molecule has 6 heteroatoms. The number of benzene rings is 2. The van der Waals surface area contributed by atoms with Gasteiger partial charge in [0, 0.05) is 29.0 Å². The van der Waals surface area contributed by atoms with Crippen LogP contribution in [0.3, 0.4) is 0 Å². The summed E-state index contributed by atoms with van der Waals surface area (Å²) in [5.41, 5.74) is 3.30. The van der Waals surface area contributed by atoms with Crippen molar-refractivity contribution in [1.82, 2.24) is 9.97 Å². The largest absolute Gasteiger partial charge is 0.340 e. The van der Waals surface area contributed by atoms with Crippen molar-refractivity contribution in [3.8, 4) is 0 Å². The maximum atomic E-state index is 12.9. The molecule has 0 unspecified atom stereocenters. The van der Waals surface area contributed by atoms with Crippen LogP contribution in [0.4, 0.5) is 17.2 Å². The maximum absolute atomic E-state index is 12.9. The Morgan fingerprint density at radius 3 is 2.84 bits per heavy atom. The van der Waals surface area contributed by atoms with Crippen molar-refractivity contribution in [1.29, 1.82) is 0 Å². The molecule has 0 saturated heterocycles. The number of para-hydroxylation sites is 1. The van der Waals surface area contributed by atoms with Gasteiger partial charge in [0.2, 0.25) is 0 Å². The van der Waals surface area contributed by atoms with E-state index in [0.29, 0.717) is 23.1 Å². The SMILES string of the molecule is O=C(c1cc(Nc2cccc(Cl)c2)ncn1)N1CCc2ccccc21. The smallest absolute Gasteiger partial charge is 0.277 e. The lowest BCUT2D eigenvalue weighted by Crippen LogP contribution is -2.29. The molecule has 25 heavy (non-hydrogen) atoms. The van der Waals surface area contributed by atoms with E-state index in [9.17, 15) is 4.79 Å². The standard InChI is InChI=1S/C19H15ClN4O/c20-14-5-3-6-15(10-14)23-18-11-16(21-12-22-18)19(25)24-9-8-13-4-1-2-7-17(13)24/h1-7,10-12H,8-9H2,(H,21,22,23). The molecule has 1 N–H and O–H groups in total. The van der Waals surface area contributed by atoms with E-state index in [-0.39, 0.29) is 5.91 Å². The molecular weight excluding hydrogens is 336 g/mol. The lowest BCUT2D eigenvalue weighted by Gasteiger charge is -2.17. The predicted octanol–water partition coefficient (Wildman–Crippen LogP) is 4.08. The van der Waals surface area contributed by atoms with E-state index >= 15 is 0 Å². The third-order valence-electron chi connectivity index (χ3n) is 4.12. The highest BCUT2D eigenvalue weighted by atomic mass is 35.5. The van der Waals surface area contributed by atoms with Gasteiger partial charge in [-0.15, -0.1) is 0 Å². The van der Waals surface area contributed by atoms with Crippen LogP contribution < -0.4 is 10.2 Å². The molecule has 0 bridgehead atoms. The number of carbonyl (C=O) groups excluding carboxylic acids is 1. The van der Waals surface area contributed by atoms with Gasteiger partial charge in [0.05, 0.1) is 0 Å². The number of nitrogens with zero attached hydrogens (tertiary/aromatic N) is 3. The van der Waals surface area contributed by atoms with E-state index in [1.807, 2.05) is 30.3 Å². The summed E-state index contributed by atoms with van der Waals surface area (Å²) in [5.74, 6) is 0.426. The van der Waals surface area contributed by atoms with Gasteiger partial charge in [0.1, 0.15) is 17.8 Å². The van der Waals surface area contributed by atoms with Crippen LogP contribution >= 0.6 is 11.6 Å². The van der Waals surface area contributed by atoms with Gasteiger partial charge in [-0.2, -0.15) is 0 Å². The lowest BCUT2D eigenvalue weighted by molar-refractivity contribution is 0.0984. The van der Waals surface area contributed by atoms with E-state index in [4.69, 9.17) is 11.6 Å². The third kappa shape index (κ3) is 3.19. The fraction of sp³-hybridized carbons (Fsp3) is 0.105. The summed E-state index contributed by atoms with van der Waals surface area (Å²) in [6, 6.07) is 16.9. The van der Waals surface area contributed by atoms with Crippen molar-refractivity contribution in [2.24, 2.45) is 0 Å². The molecule has 0 saturated carbocycles. The fourth-order valence-electron chi connectivity index (χ4n) is 2.94. The highest BCUT2D eigenvalue weighted by Crippen LogP contribution is 2.29. The number of halogens is 1. The molecular formula is C19H15ClN4O. The molecule has 0 spiro atoms. The first-order valence-electron chi connectivity index (χ1n) is 7.95. The van der Waals surface area contributed by atoms with Gasteiger partial charge in [-0.25, -0.2) is 9.97 Å². The first-order valence-corrected chi connectivity index (χ1v) is 8.33. The Bertz CT molecular complexity index is 944. The number of fused-ring (bicyclic) bond motifs is 1. The first-order chi connectivity index (χ1) is 12.2. The number of hydrogen-bond donors (Lipinski definition) is 1. The average Bonchev–Trinajstić information content (AvgIpc) is 3.05. The number of nitrogens with one attached hydrogen (secondary N) is 1. The third-order valence-corrected chi connectivity index (χ3v) is 4.35. The van der Waals surface area contributed by atoms with Crippen LogP contribution in [-0.2, 0) is 6.42 Å². The molecule has 2 heterocycles. The second-order valence-corrected chi connectivity index (χ2v) is 6.20. The summed E-state index contributed by atoms with van der Waals surface area (Å²) in [4.78, 5) is 22.9. The molecule has 1 aliphatic rings. The molecule has 0 atom stereocenters. The van der Waals surface area contributed by atoms with Crippen LogP contribution in [-0.4, -0.2) is 22.4 Å². The molecule has 1 amide bonds. The Morgan fingerprint density at radius 1 is 1.08 bits per heavy atom. The van der Waals surface area contributed by atoms with Crippen LogP contribution in [0.2, 0.25) is 5.02 Å². The topological polar surface area (TPSA) is 58.1 Å². The van der Waals surface area contributed by atoms with E-state index < -0.39 is 0 Å². The van der Waals surface area contributed by atoms with Crippen molar-refractivity contribution in [2.75, 3.05) is 16.8 Å². The van der Waals surface area contributed by atoms with Crippen LogP contribution in [0.5, 0.6) is 0 Å². The van der Waals surface area contributed by atoms with Gasteiger partial charge in [0.15, 0.2) is 0 Å². The van der Waals surface area contributed by atoms with E-state index in [1.54, 1.807) is 23.1 Å². The van der Waals surface area contributed by atoms with Crippen LogP contribution in [0.25, 0.3) is 0 Å². The van der Waals surface area contributed by atoms with E-state index in [1.165, 1.54) is 11.9 Å². The summed E-state index contributed by atoms with van der Waals surface area (Å²) in [7, 11) is 0. The Hall–Kier alpha value is -2.92. The van der Waals surface area contributed by atoms with Crippen LogP contribution in [0.15, 0.2) is 60.9 Å². The number of aromatic nitrogens is 2. The van der Waals surface area contributed by atoms with Crippen molar-refractivity contribution in [3.63, 3.8) is 0 Å². The Kier molecular flexibility index (Phi) is 4.07. The second-order valence-electron chi connectivity index (χ2n) is 5.76. The highest BCUT2D eigenvalue weighted by Gasteiger charge is 2.26. The van der Waals surface area contributed by atoms with Gasteiger partial charge in [-0.05, 0) is 36.2 Å². The molecule has 0 aliphatic carbocycles. The van der Waals surface area contributed by atoms with Crippen molar-refractivity contribution >= 4 is 34.7 Å². The fourth-order valence-corrected chi connectivity index (χ4v) is 3.13. The summed E-state index contributed by atoms with van der Waals surface area (Å²) in [6.45, 7) is 0.666. The van der Waals surface area contributed by atoms with Crippen LogP contribution in [0, 0.1) is 0 Å². The van der Waals surface area contributed by atoms with Crippen molar-refractivity contribution < 1.29 is 4.79 Å². The average molecular weight is 351 g/mol. The Labute approximate surface area is 150 Å². The first kappa shape index (κ1) is 15.6. The molecule has 2 aromatic carbocycles. The van der Waals surface area contributed by atoms with Crippen molar-refractivity contribution in [2.45, 2.75) is 6.42 Å². The maximum Gasteiger partial charge on any atom is 0.277 e. The summed E-state index contributed by atoms with van der Waals surface area (Å²) < 4.78 is 0. The summed E-state index contributed by atoms with van der Waals surface area (Å²) in [6.07, 6.45) is 2.25. The number of anilines is 3. The molecule has 5 nitrogen and oxygen atoms in total. The lowest BCUT2D eigenvalue weighted by atomic mass is 10.2. The summed E-state index contributed by atoms with van der Waals surface area (Å²) in [5, 5.41) is 3.77. The Morgan fingerprint density at radius 2 is 1.96 bits per heavy atom. The molecule has 4 rings (SSSR count). The van der Waals surface area contributed by atoms with Gasteiger partial charge in [0.25, 0.3) is 5.91 Å². The minimum Gasteiger partial charge on any atom is -0.340 e. The number of rotatable bonds is 3. The zero-order valence-corrected chi connectivity index (χ0v) is 14.1. The Balaban J connectivity index is 1.58. The molecule has 124 valence electrons. The molecule has 0 radical (unpaired) electrons. The summed E-state index contributed by atoms with van der Waals surface area (Å²) >= 11 is 5.99. The zero-order valence-electron chi connectivity index (χ0n) is 13.3. The highest BCUT2D eigenvalue weighted by molar-refractivity contribution is 6.30. The monoisotopic (exact) mass is 350 g/mol. The van der Waals surface area contributed by atoms with E-state index in [0.717, 1.165) is 17.8 Å². The second kappa shape index (κ2) is 6.53. The van der Waals surface area contributed by atoms with Gasteiger partial charge < -0.3 is 10.2 Å².